The first-order valence-corrected chi connectivity index (χ1v) is 11.1. The third-order valence-corrected chi connectivity index (χ3v) is 5.26. The summed E-state index contributed by atoms with van der Waals surface area (Å²) >= 11 is 0. The minimum atomic E-state index is -0.581. The Morgan fingerprint density at radius 2 is 2.13 bits per heavy atom. The molecule has 1 heterocycles. The summed E-state index contributed by atoms with van der Waals surface area (Å²) in [7, 11) is 0. The van der Waals surface area contributed by atoms with Crippen molar-refractivity contribution in [3.8, 4) is 0 Å². The summed E-state index contributed by atoms with van der Waals surface area (Å²) in [5.41, 5.74) is 1.54. The van der Waals surface area contributed by atoms with Crippen molar-refractivity contribution < 1.29 is 28.8 Å². The molecule has 1 aromatic carbocycles. The number of rotatable bonds is 12. The van der Waals surface area contributed by atoms with E-state index < -0.39 is 5.60 Å². The quantitative estimate of drug-likeness (QED) is 0.509. The third-order valence-electron chi connectivity index (χ3n) is 5.26. The van der Waals surface area contributed by atoms with Gasteiger partial charge in [-0.25, -0.2) is 0 Å². The number of aliphatic hydroxyl groups is 1. The first kappa shape index (κ1) is 24.8. The SMILES string of the molecule is CCOC(=O)C(C)Cc1cccc(C(CCOC(C)(C)CO)OC2CCCCO2)c1. The zero-order valence-electron chi connectivity index (χ0n) is 18.9. The molecule has 6 heteroatoms. The Kier molecular flexibility index (Phi) is 10.2. The fourth-order valence-corrected chi connectivity index (χ4v) is 3.44. The zero-order chi connectivity index (χ0) is 22.0. The maximum absolute atomic E-state index is 12.0. The van der Waals surface area contributed by atoms with E-state index in [-0.39, 0.29) is 30.9 Å². The van der Waals surface area contributed by atoms with E-state index in [1.807, 2.05) is 45.9 Å². The van der Waals surface area contributed by atoms with Crippen LogP contribution in [0.3, 0.4) is 0 Å². The van der Waals surface area contributed by atoms with Gasteiger partial charge in [0.2, 0.25) is 0 Å². The van der Waals surface area contributed by atoms with E-state index in [0.29, 0.717) is 26.1 Å². The van der Waals surface area contributed by atoms with Crippen molar-refractivity contribution in [3.05, 3.63) is 35.4 Å². The molecule has 0 aromatic heterocycles. The molecule has 0 spiro atoms. The number of carbonyl (C=O) groups excluding carboxylic acids is 1. The van der Waals surface area contributed by atoms with Crippen LogP contribution in [0, 0.1) is 5.92 Å². The van der Waals surface area contributed by atoms with E-state index in [4.69, 9.17) is 18.9 Å². The number of carbonyl (C=O) groups is 1. The van der Waals surface area contributed by atoms with Gasteiger partial charge in [0, 0.05) is 13.0 Å². The Hall–Kier alpha value is -1.47. The van der Waals surface area contributed by atoms with Crippen LogP contribution in [-0.4, -0.2) is 49.4 Å². The maximum Gasteiger partial charge on any atom is 0.308 e. The molecule has 1 N–H and O–H groups in total. The van der Waals surface area contributed by atoms with E-state index in [1.165, 1.54) is 0 Å². The van der Waals surface area contributed by atoms with Crippen LogP contribution in [0.25, 0.3) is 0 Å². The molecule has 2 rings (SSSR count). The molecular formula is C24H38O6. The normalized spacial score (nSPS) is 19.3. The summed E-state index contributed by atoms with van der Waals surface area (Å²) in [4.78, 5) is 12.0. The number of aliphatic hydroxyl groups excluding tert-OH is 1. The van der Waals surface area contributed by atoms with Gasteiger partial charge in [0.05, 0.1) is 37.4 Å². The van der Waals surface area contributed by atoms with Gasteiger partial charge in [0.25, 0.3) is 0 Å². The van der Waals surface area contributed by atoms with Crippen LogP contribution >= 0.6 is 0 Å². The molecule has 170 valence electrons. The minimum Gasteiger partial charge on any atom is -0.466 e. The summed E-state index contributed by atoms with van der Waals surface area (Å²) in [5, 5.41) is 9.43. The molecule has 1 aromatic rings. The van der Waals surface area contributed by atoms with Gasteiger partial charge in [0.1, 0.15) is 0 Å². The summed E-state index contributed by atoms with van der Waals surface area (Å²) in [6.45, 7) is 8.99. The second-order valence-corrected chi connectivity index (χ2v) is 8.58. The smallest absolute Gasteiger partial charge is 0.308 e. The predicted octanol–water partition coefficient (Wildman–Crippen LogP) is 4.19. The Morgan fingerprint density at radius 3 is 2.80 bits per heavy atom. The minimum absolute atomic E-state index is 0.0362. The molecule has 3 atom stereocenters. The average molecular weight is 423 g/mol. The third kappa shape index (κ3) is 8.34. The standard InChI is InChI=1S/C24H38O6/c1-5-27-23(26)18(2)15-19-9-8-10-20(16-19)21(12-14-29-24(3,4)17-25)30-22-11-6-7-13-28-22/h8-10,16,18,21-22,25H,5-7,11-15,17H2,1-4H3. The highest BCUT2D eigenvalue weighted by Gasteiger charge is 2.24. The van der Waals surface area contributed by atoms with Crippen LogP contribution in [-0.2, 0) is 30.2 Å². The van der Waals surface area contributed by atoms with Gasteiger partial charge in [-0.05, 0) is 57.6 Å². The fraction of sp³-hybridized carbons (Fsp3) is 0.708. The monoisotopic (exact) mass is 422 g/mol. The van der Waals surface area contributed by atoms with Gasteiger partial charge >= 0.3 is 5.97 Å². The highest BCUT2D eigenvalue weighted by molar-refractivity contribution is 5.72. The second-order valence-electron chi connectivity index (χ2n) is 8.58. The van der Waals surface area contributed by atoms with E-state index in [1.54, 1.807) is 0 Å². The lowest BCUT2D eigenvalue weighted by Gasteiger charge is -2.29. The highest BCUT2D eigenvalue weighted by Crippen LogP contribution is 2.28. The van der Waals surface area contributed by atoms with Gasteiger partial charge in [-0.3, -0.25) is 4.79 Å². The molecule has 0 bridgehead atoms. The van der Waals surface area contributed by atoms with Gasteiger partial charge in [-0.2, -0.15) is 0 Å². The van der Waals surface area contributed by atoms with Crippen molar-refractivity contribution in [2.75, 3.05) is 26.4 Å². The number of hydrogen-bond donors (Lipinski definition) is 1. The Bertz CT molecular complexity index is 638. The van der Waals surface area contributed by atoms with Crippen LogP contribution in [0.2, 0.25) is 0 Å². The molecule has 1 aliphatic heterocycles. The molecule has 0 amide bonds. The van der Waals surface area contributed by atoms with Gasteiger partial charge in [0.15, 0.2) is 6.29 Å². The Labute approximate surface area is 180 Å². The fourth-order valence-electron chi connectivity index (χ4n) is 3.44. The Morgan fingerprint density at radius 1 is 1.33 bits per heavy atom. The molecule has 1 saturated heterocycles. The highest BCUT2D eigenvalue weighted by atomic mass is 16.7. The molecule has 0 aliphatic carbocycles. The first-order valence-electron chi connectivity index (χ1n) is 11.1. The summed E-state index contributed by atoms with van der Waals surface area (Å²) in [6, 6.07) is 8.17. The van der Waals surface area contributed by atoms with Gasteiger partial charge in [-0.1, -0.05) is 31.2 Å². The van der Waals surface area contributed by atoms with E-state index in [0.717, 1.165) is 37.0 Å². The molecule has 6 nitrogen and oxygen atoms in total. The first-order chi connectivity index (χ1) is 14.3. The van der Waals surface area contributed by atoms with Crippen LogP contribution in [0.1, 0.15) is 70.6 Å². The van der Waals surface area contributed by atoms with Gasteiger partial charge < -0.3 is 24.1 Å². The van der Waals surface area contributed by atoms with Crippen molar-refractivity contribution in [2.24, 2.45) is 5.92 Å². The topological polar surface area (TPSA) is 74.2 Å². The summed E-state index contributed by atoms with van der Waals surface area (Å²) < 4.78 is 23.1. The van der Waals surface area contributed by atoms with E-state index in [9.17, 15) is 9.90 Å². The molecular weight excluding hydrogens is 384 g/mol. The number of ether oxygens (including phenoxy) is 4. The largest absolute Gasteiger partial charge is 0.466 e. The lowest BCUT2D eigenvalue weighted by Crippen LogP contribution is -2.30. The molecule has 30 heavy (non-hydrogen) atoms. The second kappa shape index (κ2) is 12.4. The average Bonchev–Trinajstić information content (AvgIpc) is 2.74. The van der Waals surface area contributed by atoms with Crippen molar-refractivity contribution in [1.82, 2.24) is 0 Å². The van der Waals surface area contributed by atoms with Crippen molar-refractivity contribution in [3.63, 3.8) is 0 Å². The van der Waals surface area contributed by atoms with Crippen LogP contribution < -0.4 is 0 Å². The predicted molar refractivity (Wildman–Crippen MR) is 115 cm³/mol. The molecule has 0 radical (unpaired) electrons. The summed E-state index contributed by atoms with van der Waals surface area (Å²) in [5.74, 6) is -0.374. The van der Waals surface area contributed by atoms with Crippen LogP contribution in [0.4, 0.5) is 0 Å². The van der Waals surface area contributed by atoms with Crippen molar-refractivity contribution in [1.29, 1.82) is 0 Å². The molecule has 0 saturated carbocycles. The Balaban J connectivity index is 2.08. The van der Waals surface area contributed by atoms with Crippen molar-refractivity contribution >= 4 is 5.97 Å². The number of hydrogen-bond acceptors (Lipinski definition) is 6. The van der Waals surface area contributed by atoms with Crippen molar-refractivity contribution in [2.45, 2.75) is 77.8 Å². The lowest BCUT2D eigenvalue weighted by molar-refractivity contribution is -0.195. The molecule has 1 aliphatic rings. The number of esters is 1. The molecule has 3 unspecified atom stereocenters. The molecule has 1 fully saturated rings. The lowest BCUT2D eigenvalue weighted by atomic mass is 9.97. The summed E-state index contributed by atoms with van der Waals surface area (Å²) in [6.07, 6.45) is 3.94. The maximum atomic E-state index is 12.0. The zero-order valence-corrected chi connectivity index (χ0v) is 18.9. The number of benzene rings is 1. The van der Waals surface area contributed by atoms with Crippen LogP contribution in [0.15, 0.2) is 24.3 Å². The van der Waals surface area contributed by atoms with Gasteiger partial charge in [-0.15, -0.1) is 0 Å². The van der Waals surface area contributed by atoms with E-state index >= 15 is 0 Å². The van der Waals surface area contributed by atoms with Crippen LogP contribution in [0.5, 0.6) is 0 Å². The van der Waals surface area contributed by atoms with E-state index in [2.05, 4.69) is 6.07 Å².